The summed E-state index contributed by atoms with van der Waals surface area (Å²) in [7, 11) is 0. The van der Waals surface area contributed by atoms with E-state index in [1.165, 1.54) is 15.9 Å². The van der Waals surface area contributed by atoms with E-state index in [4.69, 9.17) is 5.10 Å². The fourth-order valence-corrected chi connectivity index (χ4v) is 11.4. The summed E-state index contributed by atoms with van der Waals surface area (Å²) in [5, 5.41) is 5.86. The molecule has 0 fully saturated rings. The number of aryl methyl sites for hydroxylation is 1. The number of rotatable bonds is 6. The number of nitrogens with zero attached hydrogens (tertiary/aromatic N) is 2. The minimum absolute atomic E-state index is 0.830. The predicted octanol–water partition coefficient (Wildman–Crippen LogP) is 5.24. The third-order valence-corrected chi connectivity index (χ3v) is 14.8. The molecule has 0 bridgehead atoms. The monoisotopic (exact) mass is 450 g/mol. The Morgan fingerprint density at radius 3 is 1.50 bits per heavy atom. The van der Waals surface area contributed by atoms with Crippen LogP contribution >= 0.6 is 20.8 Å². The SMILES string of the molecule is CCn1ccc(CP(Br)(c2ccccc2)(c2ccccc2)c2ccccc2)n1. The Balaban J connectivity index is 2.06. The summed E-state index contributed by atoms with van der Waals surface area (Å²) >= 11 is 4.47. The standard InChI is InChI=1S/C24H24BrN2P/c1-2-27-19-18-21(26-27)20-28(25,22-12-6-3-7-13-22,23-14-8-4-9-15-23)24-16-10-5-11-17-24/h3-19H,2,20H2,1H3. The van der Waals surface area contributed by atoms with Crippen molar-refractivity contribution in [2.75, 3.05) is 0 Å². The van der Waals surface area contributed by atoms with Crippen LogP contribution in [0.1, 0.15) is 12.6 Å². The Bertz CT molecular complexity index is 946. The van der Waals surface area contributed by atoms with E-state index >= 15 is 0 Å². The summed E-state index contributed by atoms with van der Waals surface area (Å²) in [5.41, 5.74) is 1.10. The van der Waals surface area contributed by atoms with Gasteiger partial charge in [-0.2, -0.15) is 0 Å². The van der Waals surface area contributed by atoms with Gasteiger partial charge in [0.1, 0.15) is 0 Å². The first-order chi connectivity index (χ1) is 13.6. The van der Waals surface area contributed by atoms with E-state index in [1.807, 2.05) is 4.68 Å². The van der Waals surface area contributed by atoms with Gasteiger partial charge in [-0.05, 0) is 0 Å². The number of benzene rings is 3. The molecule has 28 heavy (non-hydrogen) atoms. The predicted molar refractivity (Wildman–Crippen MR) is 126 cm³/mol. The van der Waals surface area contributed by atoms with Crippen molar-refractivity contribution in [1.82, 2.24) is 9.78 Å². The Labute approximate surface area is 174 Å². The third-order valence-electron chi connectivity index (χ3n) is 5.36. The van der Waals surface area contributed by atoms with Gasteiger partial charge < -0.3 is 0 Å². The van der Waals surface area contributed by atoms with Crippen molar-refractivity contribution >= 4 is 36.7 Å². The molecule has 0 saturated carbocycles. The summed E-state index contributed by atoms with van der Waals surface area (Å²) in [6, 6.07) is 34.7. The van der Waals surface area contributed by atoms with Gasteiger partial charge in [0.25, 0.3) is 0 Å². The van der Waals surface area contributed by atoms with Gasteiger partial charge in [0.15, 0.2) is 0 Å². The first kappa shape index (κ1) is 19.1. The van der Waals surface area contributed by atoms with E-state index in [2.05, 4.69) is 126 Å². The topological polar surface area (TPSA) is 17.8 Å². The van der Waals surface area contributed by atoms with Crippen LogP contribution in [0.15, 0.2) is 103 Å². The van der Waals surface area contributed by atoms with Crippen molar-refractivity contribution in [3.05, 3.63) is 109 Å². The number of halogens is 1. The maximum absolute atomic E-state index is 4.85. The second-order valence-electron chi connectivity index (χ2n) is 7.01. The maximum atomic E-state index is 4.85. The first-order valence-corrected chi connectivity index (χ1v) is 14.0. The summed E-state index contributed by atoms with van der Waals surface area (Å²) in [5.74, 6) is 0. The molecule has 0 aliphatic heterocycles. The molecule has 142 valence electrons. The van der Waals surface area contributed by atoms with Crippen LogP contribution in [0.5, 0.6) is 0 Å². The number of hydrogen-bond donors (Lipinski definition) is 0. The minimum atomic E-state index is -2.94. The molecule has 1 aromatic heterocycles. The zero-order valence-electron chi connectivity index (χ0n) is 15.9. The van der Waals surface area contributed by atoms with Crippen LogP contribution in [0.2, 0.25) is 0 Å². The summed E-state index contributed by atoms with van der Waals surface area (Å²) in [6.45, 7) is 3.00. The van der Waals surface area contributed by atoms with E-state index in [1.54, 1.807) is 0 Å². The molecule has 4 rings (SSSR count). The Morgan fingerprint density at radius 1 is 0.714 bits per heavy atom. The molecule has 3 aromatic carbocycles. The second kappa shape index (κ2) is 7.66. The van der Waals surface area contributed by atoms with E-state index in [0.717, 1.165) is 18.4 Å². The van der Waals surface area contributed by atoms with Crippen molar-refractivity contribution in [2.24, 2.45) is 0 Å². The number of hydrogen-bond acceptors (Lipinski definition) is 1. The second-order valence-corrected chi connectivity index (χ2v) is 15.9. The summed E-state index contributed by atoms with van der Waals surface area (Å²) < 4.78 is 2.00. The van der Waals surface area contributed by atoms with Crippen LogP contribution < -0.4 is 15.9 Å². The molecule has 0 spiro atoms. The van der Waals surface area contributed by atoms with Gasteiger partial charge in [-0.1, -0.05) is 0 Å². The molecule has 0 saturated heterocycles. The first-order valence-electron chi connectivity index (χ1n) is 9.57. The van der Waals surface area contributed by atoms with Crippen LogP contribution in [0.3, 0.4) is 0 Å². The molecule has 4 aromatic rings. The molecule has 0 radical (unpaired) electrons. The van der Waals surface area contributed by atoms with Gasteiger partial charge in [0.05, 0.1) is 0 Å². The quantitative estimate of drug-likeness (QED) is 0.367. The molecule has 2 nitrogen and oxygen atoms in total. The normalized spacial score (nSPS) is 13.0. The van der Waals surface area contributed by atoms with Crippen molar-refractivity contribution in [2.45, 2.75) is 19.6 Å². The van der Waals surface area contributed by atoms with Crippen LogP contribution in [0.4, 0.5) is 0 Å². The molecule has 0 amide bonds. The molecular formula is C24H24BrN2P. The summed E-state index contributed by atoms with van der Waals surface area (Å²) in [4.78, 5) is 0. The molecule has 0 N–H and O–H groups in total. The van der Waals surface area contributed by atoms with Crippen molar-refractivity contribution in [1.29, 1.82) is 0 Å². The molecule has 0 aliphatic carbocycles. The zero-order chi connectivity index (χ0) is 19.5. The van der Waals surface area contributed by atoms with Crippen LogP contribution in [-0.4, -0.2) is 9.78 Å². The van der Waals surface area contributed by atoms with E-state index in [9.17, 15) is 0 Å². The van der Waals surface area contributed by atoms with E-state index in [0.29, 0.717) is 0 Å². The van der Waals surface area contributed by atoms with Gasteiger partial charge >= 0.3 is 175 Å². The van der Waals surface area contributed by atoms with E-state index in [-0.39, 0.29) is 0 Å². The molecule has 0 atom stereocenters. The Morgan fingerprint density at radius 2 is 1.14 bits per heavy atom. The molecule has 0 aliphatic rings. The molecule has 4 heteroatoms. The van der Waals surface area contributed by atoms with Crippen LogP contribution in [0.25, 0.3) is 0 Å². The number of aromatic nitrogens is 2. The van der Waals surface area contributed by atoms with Gasteiger partial charge in [0, 0.05) is 0 Å². The van der Waals surface area contributed by atoms with Gasteiger partial charge in [0.2, 0.25) is 0 Å². The van der Waals surface area contributed by atoms with Crippen molar-refractivity contribution in [3.63, 3.8) is 0 Å². The van der Waals surface area contributed by atoms with Gasteiger partial charge in [-0.15, -0.1) is 0 Å². The molecule has 0 unspecified atom stereocenters. The van der Waals surface area contributed by atoms with Crippen LogP contribution in [0, 0.1) is 0 Å². The molecule has 1 heterocycles. The fraction of sp³-hybridized carbons (Fsp3) is 0.125. The van der Waals surface area contributed by atoms with Crippen molar-refractivity contribution < 1.29 is 0 Å². The van der Waals surface area contributed by atoms with Crippen LogP contribution in [-0.2, 0) is 12.7 Å². The van der Waals surface area contributed by atoms with E-state index < -0.39 is 5.31 Å². The zero-order valence-corrected chi connectivity index (χ0v) is 18.4. The summed E-state index contributed by atoms with van der Waals surface area (Å²) in [6.07, 6.45) is 2.90. The van der Waals surface area contributed by atoms with Gasteiger partial charge in [-0.3, -0.25) is 0 Å². The fourth-order valence-electron chi connectivity index (χ4n) is 3.91. The average molecular weight is 451 g/mol. The Hall–Kier alpha value is -2.22. The average Bonchev–Trinajstić information content (AvgIpc) is 3.23. The molecular weight excluding hydrogens is 427 g/mol. The Kier molecular flexibility index (Phi) is 5.23. The van der Waals surface area contributed by atoms with Gasteiger partial charge in [-0.25, -0.2) is 0 Å². The third kappa shape index (κ3) is 3.13. The van der Waals surface area contributed by atoms with Crippen molar-refractivity contribution in [3.8, 4) is 0 Å².